The summed E-state index contributed by atoms with van der Waals surface area (Å²) in [6, 6.07) is 9.92. The van der Waals surface area contributed by atoms with Crippen molar-refractivity contribution in [2.75, 3.05) is 33.4 Å². The predicted molar refractivity (Wildman–Crippen MR) is 127 cm³/mol. The van der Waals surface area contributed by atoms with Crippen molar-refractivity contribution in [1.29, 1.82) is 5.26 Å². The van der Waals surface area contributed by atoms with Crippen molar-refractivity contribution in [3.05, 3.63) is 53.9 Å². The zero-order chi connectivity index (χ0) is 23.5. The van der Waals surface area contributed by atoms with Crippen molar-refractivity contribution < 1.29 is 19.0 Å². The van der Waals surface area contributed by atoms with Gasteiger partial charge in [0, 0.05) is 62.5 Å². The number of nitriles is 1. The lowest BCUT2D eigenvalue weighted by Crippen LogP contribution is -2.53. The number of methoxy groups -OCH3 is 1. The van der Waals surface area contributed by atoms with Crippen LogP contribution in [-0.2, 0) is 14.3 Å². The molecule has 174 valence electrons. The van der Waals surface area contributed by atoms with Crippen LogP contribution in [0.3, 0.4) is 0 Å². The van der Waals surface area contributed by atoms with Crippen LogP contribution >= 0.6 is 0 Å². The van der Waals surface area contributed by atoms with Crippen LogP contribution in [0.2, 0.25) is 0 Å². The summed E-state index contributed by atoms with van der Waals surface area (Å²) >= 11 is 0. The van der Waals surface area contributed by atoms with Gasteiger partial charge in [-0.3, -0.25) is 4.79 Å². The molecule has 1 aromatic carbocycles. The summed E-state index contributed by atoms with van der Waals surface area (Å²) in [6.07, 6.45) is 8.80. The fourth-order valence-corrected chi connectivity index (χ4v) is 4.25. The zero-order valence-corrected chi connectivity index (χ0v) is 19.0. The van der Waals surface area contributed by atoms with Crippen molar-refractivity contribution in [1.82, 2.24) is 14.9 Å². The Labute approximate surface area is 197 Å². The van der Waals surface area contributed by atoms with E-state index >= 15 is 0 Å². The molecule has 0 aliphatic carbocycles. The number of hydrogen-bond acceptors (Lipinski definition) is 6. The van der Waals surface area contributed by atoms with E-state index in [1.807, 2.05) is 30.5 Å². The minimum absolute atomic E-state index is 0.0403. The number of rotatable bonds is 6. The topological polar surface area (TPSA) is 100 Å². The van der Waals surface area contributed by atoms with Crippen LogP contribution in [0, 0.1) is 11.3 Å². The maximum absolute atomic E-state index is 12.3. The Morgan fingerprint density at radius 1 is 1.26 bits per heavy atom. The molecule has 0 unspecified atom stereocenters. The number of likely N-dealkylation sites (tertiary alicyclic amines) is 1. The van der Waals surface area contributed by atoms with Gasteiger partial charge in [0.1, 0.15) is 23.6 Å². The third kappa shape index (κ3) is 4.53. The quantitative estimate of drug-likeness (QED) is 0.567. The molecule has 2 fully saturated rings. The van der Waals surface area contributed by atoms with Gasteiger partial charge in [0.25, 0.3) is 0 Å². The fraction of sp³-hybridized carbons (Fsp3) is 0.346. The normalized spacial score (nSPS) is 17.1. The number of H-pyrrole nitrogens is 1. The molecule has 2 saturated heterocycles. The van der Waals surface area contributed by atoms with Crippen LogP contribution in [0.25, 0.3) is 28.2 Å². The Hall–Kier alpha value is -3.67. The van der Waals surface area contributed by atoms with Gasteiger partial charge in [-0.05, 0) is 35.4 Å². The van der Waals surface area contributed by atoms with Crippen LogP contribution in [0.15, 0.2) is 42.7 Å². The molecule has 0 atom stereocenters. The number of hydrogen-bond donors (Lipinski definition) is 1. The lowest BCUT2D eigenvalue weighted by molar-refractivity contribution is -0.137. The molecule has 2 aliphatic rings. The number of benzene rings is 1. The number of ether oxygens (including phenoxy) is 3. The van der Waals surface area contributed by atoms with E-state index in [2.05, 4.69) is 16.0 Å². The van der Waals surface area contributed by atoms with E-state index in [9.17, 15) is 10.1 Å². The van der Waals surface area contributed by atoms with Gasteiger partial charge in [-0.1, -0.05) is 6.07 Å². The monoisotopic (exact) mass is 458 g/mol. The Morgan fingerprint density at radius 2 is 2.09 bits per heavy atom. The number of nitrogens with one attached hydrogen (secondary N) is 1. The van der Waals surface area contributed by atoms with Gasteiger partial charge in [-0.2, -0.15) is 5.26 Å². The van der Waals surface area contributed by atoms with Crippen molar-refractivity contribution in [3.8, 4) is 22.9 Å². The number of amides is 1. The van der Waals surface area contributed by atoms with Crippen molar-refractivity contribution in [2.24, 2.45) is 0 Å². The van der Waals surface area contributed by atoms with Gasteiger partial charge < -0.3 is 24.1 Å². The van der Waals surface area contributed by atoms with Crippen LogP contribution in [0.4, 0.5) is 0 Å². The Balaban J connectivity index is 1.37. The number of aromatic nitrogens is 2. The first-order valence-electron chi connectivity index (χ1n) is 11.4. The molecule has 1 amide bonds. The summed E-state index contributed by atoms with van der Waals surface area (Å²) in [7, 11) is 1.66. The highest BCUT2D eigenvalue weighted by atomic mass is 16.5. The highest BCUT2D eigenvalue weighted by Crippen LogP contribution is 2.32. The second-order valence-electron chi connectivity index (χ2n) is 8.55. The van der Waals surface area contributed by atoms with Gasteiger partial charge in [-0.25, -0.2) is 4.98 Å². The average molecular weight is 459 g/mol. The summed E-state index contributed by atoms with van der Waals surface area (Å²) in [4.78, 5) is 21.7. The maximum Gasteiger partial charge on any atom is 0.246 e. The molecule has 4 heterocycles. The van der Waals surface area contributed by atoms with Crippen molar-refractivity contribution in [3.63, 3.8) is 0 Å². The van der Waals surface area contributed by atoms with E-state index in [1.54, 1.807) is 30.4 Å². The Bertz CT molecular complexity index is 1260. The molecule has 3 aromatic rings. The second kappa shape index (κ2) is 9.67. The summed E-state index contributed by atoms with van der Waals surface area (Å²) in [5.41, 5.74) is 3.89. The van der Waals surface area contributed by atoms with Gasteiger partial charge in [-0.15, -0.1) is 0 Å². The fourth-order valence-electron chi connectivity index (χ4n) is 4.25. The number of carbonyl (C=O) groups excluding carboxylic acids is 1. The number of nitrogens with zero attached hydrogens (tertiary/aromatic N) is 3. The summed E-state index contributed by atoms with van der Waals surface area (Å²) in [6.45, 7) is 2.60. The lowest BCUT2D eigenvalue weighted by atomic mass is 10.0. The minimum atomic E-state index is -0.0403. The van der Waals surface area contributed by atoms with Gasteiger partial charge in [0.15, 0.2) is 0 Å². The SMILES string of the molecule is COC1CN(C(=O)C=Cc2cnc3[nH]cc(-c4ccc(OC5CCOCC5)c(C#N)c4)c3c2)C1. The first-order chi connectivity index (χ1) is 16.6. The first-order valence-corrected chi connectivity index (χ1v) is 11.4. The van der Waals surface area contributed by atoms with Crippen LogP contribution in [-0.4, -0.2) is 66.4 Å². The summed E-state index contributed by atoms with van der Waals surface area (Å²) in [5.74, 6) is 0.557. The molecular weight excluding hydrogens is 432 g/mol. The molecule has 2 aliphatic heterocycles. The Kier molecular flexibility index (Phi) is 6.30. The number of pyridine rings is 1. The number of carbonyl (C=O) groups is 1. The minimum Gasteiger partial charge on any atom is -0.489 e. The average Bonchev–Trinajstić information content (AvgIpc) is 3.26. The molecule has 8 heteroatoms. The smallest absolute Gasteiger partial charge is 0.246 e. The first kappa shape index (κ1) is 22.1. The van der Waals surface area contributed by atoms with Gasteiger partial charge in [0.2, 0.25) is 5.91 Å². The van der Waals surface area contributed by atoms with Crippen molar-refractivity contribution >= 4 is 23.0 Å². The van der Waals surface area contributed by atoms with Crippen LogP contribution < -0.4 is 4.74 Å². The Morgan fingerprint density at radius 3 is 2.85 bits per heavy atom. The zero-order valence-electron chi connectivity index (χ0n) is 19.0. The van der Waals surface area contributed by atoms with E-state index in [0.29, 0.717) is 37.6 Å². The van der Waals surface area contributed by atoms with Crippen molar-refractivity contribution in [2.45, 2.75) is 25.0 Å². The molecule has 5 rings (SSSR count). The molecular formula is C26H26N4O4. The van der Waals surface area contributed by atoms with E-state index in [0.717, 1.165) is 40.6 Å². The molecule has 0 saturated carbocycles. The van der Waals surface area contributed by atoms with Crippen LogP contribution in [0.1, 0.15) is 24.0 Å². The standard InChI is InChI=1S/C26H26N4O4/c1-32-21-15-30(16-21)25(31)5-2-17-10-22-23(14-29-26(22)28-13-17)18-3-4-24(19(11-18)12-27)34-20-6-8-33-9-7-20/h2-5,10-11,13-14,20-21H,6-9,15-16H2,1H3,(H,28,29). The highest BCUT2D eigenvalue weighted by Gasteiger charge is 2.29. The molecule has 1 N–H and O–H groups in total. The third-order valence-corrected chi connectivity index (χ3v) is 6.34. The number of aromatic amines is 1. The summed E-state index contributed by atoms with van der Waals surface area (Å²) in [5, 5.41) is 10.6. The predicted octanol–water partition coefficient (Wildman–Crippen LogP) is 3.53. The largest absolute Gasteiger partial charge is 0.489 e. The number of fused-ring (bicyclic) bond motifs is 1. The summed E-state index contributed by atoms with van der Waals surface area (Å²) < 4.78 is 16.7. The van der Waals surface area contributed by atoms with E-state index in [-0.39, 0.29) is 18.1 Å². The molecule has 0 spiro atoms. The highest BCUT2D eigenvalue weighted by molar-refractivity contribution is 5.96. The van der Waals surface area contributed by atoms with E-state index < -0.39 is 0 Å². The molecule has 0 bridgehead atoms. The van der Waals surface area contributed by atoms with Crippen LogP contribution in [0.5, 0.6) is 5.75 Å². The maximum atomic E-state index is 12.3. The molecule has 34 heavy (non-hydrogen) atoms. The second-order valence-corrected chi connectivity index (χ2v) is 8.55. The third-order valence-electron chi connectivity index (χ3n) is 6.34. The lowest BCUT2D eigenvalue weighted by Gasteiger charge is -2.37. The molecule has 8 nitrogen and oxygen atoms in total. The molecule has 0 radical (unpaired) electrons. The van der Waals surface area contributed by atoms with Gasteiger partial charge >= 0.3 is 0 Å². The van der Waals surface area contributed by atoms with E-state index in [1.165, 1.54) is 0 Å². The van der Waals surface area contributed by atoms with E-state index in [4.69, 9.17) is 14.2 Å². The molecule has 2 aromatic heterocycles. The van der Waals surface area contributed by atoms with Gasteiger partial charge in [0.05, 0.1) is 24.9 Å².